The van der Waals surface area contributed by atoms with Crippen LogP contribution in [0.2, 0.25) is 0 Å². The topological polar surface area (TPSA) is 90.6 Å². The highest BCUT2D eigenvalue weighted by molar-refractivity contribution is 6.03. The molecule has 0 bridgehead atoms. The number of methoxy groups -OCH3 is 1. The first kappa shape index (κ1) is 17.7. The van der Waals surface area contributed by atoms with E-state index in [1.54, 1.807) is 35.9 Å². The van der Waals surface area contributed by atoms with E-state index in [0.717, 1.165) is 5.52 Å². The number of benzene rings is 1. The Morgan fingerprint density at radius 2 is 2.07 bits per heavy atom. The van der Waals surface area contributed by atoms with Crippen molar-refractivity contribution < 1.29 is 18.7 Å². The number of rotatable bonds is 6. The summed E-state index contributed by atoms with van der Waals surface area (Å²) in [4.78, 5) is 25.3. The zero-order chi connectivity index (χ0) is 19.5. The number of carbonyl (C=O) groups is 1. The van der Waals surface area contributed by atoms with Crippen molar-refractivity contribution in [3.63, 3.8) is 0 Å². The molecule has 1 aromatic carbocycles. The second kappa shape index (κ2) is 7.47. The predicted octanol–water partition coefficient (Wildman–Crippen LogP) is 2.89. The van der Waals surface area contributed by atoms with Crippen molar-refractivity contribution in [3.8, 4) is 11.5 Å². The number of imidazole rings is 1. The maximum absolute atomic E-state index is 12.5. The maximum Gasteiger partial charge on any atom is 0.274 e. The lowest BCUT2D eigenvalue weighted by Crippen LogP contribution is -2.14. The first-order chi connectivity index (χ1) is 13.7. The molecule has 4 aromatic rings. The molecule has 0 saturated heterocycles. The third-order valence-electron chi connectivity index (χ3n) is 4.03. The van der Waals surface area contributed by atoms with Crippen LogP contribution in [-0.4, -0.2) is 45.7 Å². The maximum atomic E-state index is 12.5. The molecule has 0 spiro atoms. The van der Waals surface area contributed by atoms with Crippen molar-refractivity contribution in [2.24, 2.45) is 0 Å². The molecule has 0 aliphatic heterocycles. The van der Waals surface area contributed by atoms with Gasteiger partial charge in [-0.2, -0.15) is 0 Å². The van der Waals surface area contributed by atoms with Crippen LogP contribution in [0.15, 0.2) is 48.9 Å². The van der Waals surface area contributed by atoms with Gasteiger partial charge in [-0.15, -0.1) is 0 Å². The molecule has 0 aliphatic rings. The Labute approximate surface area is 159 Å². The number of alkyl halides is 1. The SMILES string of the molecule is COc1ccc2c(c1)nc1nc(C(=O)Nc3cncc(OCCF)c3)ccn12. The summed E-state index contributed by atoms with van der Waals surface area (Å²) in [5.41, 5.74) is 2.19. The molecule has 142 valence electrons. The first-order valence-electron chi connectivity index (χ1n) is 8.46. The van der Waals surface area contributed by atoms with E-state index < -0.39 is 12.6 Å². The number of carbonyl (C=O) groups excluding carboxylic acids is 1. The fraction of sp³-hybridized carbons (Fsp3) is 0.158. The third-order valence-corrected chi connectivity index (χ3v) is 4.03. The van der Waals surface area contributed by atoms with Gasteiger partial charge in [-0.25, -0.2) is 14.4 Å². The van der Waals surface area contributed by atoms with Crippen LogP contribution < -0.4 is 14.8 Å². The average Bonchev–Trinajstić information content (AvgIpc) is 3.09. The monoisotopic (exact) mass is 381 g/mol. The standard InChI is InChI=1S/C19H16FN5O3/c1-27-13-2-3-17-16(9-13)24-19-23-15(4-6-25(17)19)18(26)22-12-8-14(11-21-10-12)28-7-5-20/h2-4,6,8-11H,5,7H2,1H3,(H,22,26). The molecular formula is C19H16FN5O3. The lowest BCUT2D eigenvalue weighted by Gasteiger charge is -2.07. The molecule has 28 heavy (non-hydrogen) atoms. The van der Waals surface area contributed by atoms with Crippen LogP contribution >= 0.6 is 0 Å². The third kappa shape index (κ3) is 3.41. The van der Waals surface area contributed by atoms with Crippen LogP contribution in [0.5, 0.6) is 11.5 Å². The molecule has 8 nitrogen and oxygen atoms in total. The van der Waals surface area contributed by atoms with E-state index >= 15 is 0 Å². The Bertz CT molecular complexity index is 1160. The number of aromatic nitrogens is 4. The number of ether oxygens (including phenoxy) is 2. The number of fused-ring (bicyclic) bond motifs is 3. The zero-order valence-corrected chi connectivity index (χ0v) is 14.9. The van der Waals surface area contributed by atoms with Crippen molar-refractivity contribution in [2.45, 2.75) is 0 Å². The number of nitrogens with zero attached hydrogens (tertiary/aromatic N) is 4. The Morgan fingerprint density at radius 3 is 2.89 bits per heavy atom. The lowest BCUT2D eigenvalue weighted by molar-refractivity contribution is 0.102. The highest BCUT2D eigenvalue weighted by Crippen LogP contribution is 2.21. The average molecular weight is 381 g/mol. The van der Waals surface area contributed by atoms with Crippen molar-refractivity contribution in [2.75, 3.05) is 25.7 Å². The minimum Gasteiger partial charge on any atom is -0.497 e. The van der Waals surface area contributed by atoms with E-state index in [1.807, 2.05) is 12.1 Å². The van der Waals surface area contributed by atoms with Crippen molar-refractivity contribution in [1.82, 2.24) is 19.4 Å². The van der Waals surface area contributed by atoms with Crippen LogP contribution in [-0.2, 0) is 0 Å². The number of anilines is 1. The molecule has 3 aromatic heterocycles. The van der Waals surface area contributed by atoms with Gasteiger partial charge in [0.05, 0.1) is 36.2 Å². The minimum atomic E-state index is -0.606. The second-order valence-corrected chi connectivity index (χ2v) is 5.85. The van der Waals surface area contributed by atoms with E-state index in [1.165, 1.54) is 12.4 Å². The Balaban J connectivity index is 1.60. The molecule has 3 heterocycles. The first-order valence-corrected chi connectivity index (χ1v) is 8.46. The fourth-order valence-electron chi connectivity index (χ4n) is 2.75. The van der Waals surface area contributed by atoms with E-state index in [2.05, 4.69) is 20.3 Å². The minimum absolute atomic E-state index is 0.0739. The van der Waals surface area contributed by atoms with Gasteiger partial charge in [0, 0.05) is 18.3 Å². The summed E-state index contributed by atoms with van der Waals surface area (Å²) < 4.78 is 24.4. The molecule has 0 aliphatic carbocycles. The van der Waals surface area contributed by atoms with Gasteiger partial charge in [-0.05, 0) is 18.2 Å². The lowest BCUT2D eigenvalue weighted by atomic mass is 10.3. The summed E-state index contributed by atoms with van der Waals surface area (Å²) in [5, 5.41) is 2.70. The van der Waals surface area contributed by atoms with Gasteiger partial charge in [-0.3, -0.25) is 14.2 Å². The van der Waals surface area contributed by atoms with Crippen LogP contribution in [0.4, 0.5) is 10.1 Å². The summed E-state index contributed by atoms with van der Waals surface area (Å²) in [6, 6.07) is 8.68. The van der Waals surface area contributed by atoms with Gasteiger partial charge >= 0.3 is 0 Å². The molecular weight excluding hydrogens is 365 g/mol. The van der Waals surface area contributed by atoms with Crippen LogP contribution in [0.3, 0.4) is 0 Å². The Kier molecular flexibility index (Phi) is 4.71. The molecule has 0 atom stereocenters. The van der Waals surface area contributed by atoms with Gasteiger partial charge in [0.15, 0.2) is 0 Å². The van der Waals surface area contributed by atoms with Gasteiger partial charge in [0.2, 0.25) is 5.78 Å². The van der Waals surface area contributed by atoms with E-state index in [9.17, 15) is 9.18 Å². The molecule has 1 N–H and O–H groups in total. The van der Waals surface area contributed by atoms with Crippen LogP contribution in [0, 0.1) is 0 Å². The number of halogens is 1. The van der Waals surface area contributed by atoms with Crippen molar-refractivity contribution in [1.29, 1.82) is 0 Å². The number of nitrogens with one attached hydrogen (secondary N) is 1. The second-order valence-electron chi connectivity index (χ2n) is 5.85. The number of hydrogen-bond acceptors (Lipinski definition) is 6. The zero-order valence-electron chi connectivity index (χ0n) is 14.9. The van der Waals surface area contributed by atoms with Crippen molar-refractivity contribution >= 4 is 28.4 Å². The molecule has 9 heteroatoms. The summed E-state index contributed by atoms with van der Waals surface area (Å²) in [7, 11) is 1.59. The predicted molar refractivity (Wildman–Crippen MR) is 101 cm³/mol. The smallest absolute Gasteiger partial charge is 0.274 e. The normalized spacial score (nSPS) is 10.9. The largest absolute Gasteiger partial charge is 0.497 e. The highest BCUT2D eigenvalue weighted by Gasteiger charge is 2.13. The molecule has 0 fully saturated rings. The number of hydrogen-bond donors (Lipinski definition) is 1. The van der Waals surface area contributed by atoms with Crippen LogP contribution in [0.1, 0.15) is 10.5 Å². The Hall–Kier alpha value is -3.75. The molecule has 0 unspecified atom stereocenters. The summed E-state index contributed by atoms with van der Waals surface area (Å²) in [5.74, 6) is 1.04. The number of pyridine rings is 1. The Morgan fingerprint density at radius 1 is 1.18 bits per heavy atom. The summed E-state index contributed by atoms with van der Waals surface area (Å²) in [6.45, 7) is -0.680. The van der Waals surface area contributed by atoms with Crippen molar-refractivity contribution in [3.05, 3.63) is 54.6 Å². The van der Waals surface area contributed by atoms with Gasteiger partial charge in [0.1, 0.15) is 30.5 Å². The molecule has 0 saturated carbocycles. The molecule has 0 radical (unpaired) electrons. The molecule has 1 amide bonds. The van der Waals surface area contributed by atoms with Gasteiger partial charge in [-0.1, -0.05) is 0 Å². The summed E-state index contributed by atoms with van der Waals surface area (Å²) >= 11 is 0. The molecule has 4 rings (SSSR count). The van der Waals surface area contributed by atoms with E-state index in [4.69, 9.17) is 9.47 Å². The quantitative estimate of drug-likeness (QED) is 0.552. The summed E-state index contributed by atoms with van der Waals surface area (Å²) in [6.07, 6.45) is 4.65. The van der Waals surface area contributed by atoms with Crippen LogP contribution in [0.25, 0.3) is 16.8 Å². The fourth-order valence-corrected chi connectivity index (χ4v) is 2.75. The van der Waals surface area contributed by atoms with E-state index in [0.29, 0.717) is 28.5 Å². The van der Waals surface area contributed by atoms with Gasteiger partial charge < -0.3 is 14.8 Å². The highest BCUT2D eigenvalue weighted by atomic mass is 19.1. The van der Waals surface area contributed by atoms with E-state index in [-0.39, 0.29) is 12.3 Å². The van der Waals surface area contributed by atoms with Gasteiger partial charge in [0.25, 0.3) is 5.91 Å². The number of amides is 1.